The second kappa shape index (κ2) is 5.15. The minimum absolute atomic E-state index is 0.354. The van der Waals surface area contributed by atoms with Crippen molar-refractivity contribution in [2.24, 2.45) is 10.8 Å². The number of amides is 2. The van der Waals surface area contributed by atoms with Crippen LogP contribution in [0.25, 0.3) is 10.9 Å². The summed E-state index contributed by atoms with van der Waals surface area (Å²) in [4.78, 5) is 16.7. The van der Waals surface area contributed by atoms with Crippen molar-refractivity contribution in [3.05, 3.63) is 53.7 Å². The van der Waals surface area contributed by atoms with Crippen LogP contribution in [0.4, 0.5) is 10.5 Å². The zero-order chi connectivity index (χ0) is 16.0. The predicted molar refractivity (Wildman–Crippen MR) is 90.7 cm³/mol. The summed E-state index contributed by atoms with van der Waals surface area (Å²) < 4.78 is -0.354. The van der Waals surface area contributed by atoms with Gasteiger partial charge in [0.05, 0.1) is 10.9 Å². The highest BCUT2D eigenvalue weighted by Gasteiger charge is 2.45. The number of primary amides is 1. The Morgan fingerprint density at radius 1 is 1.35 bits per heavy atom. The first-order valence-corrected chi connectivity index (χ1v) is 7.73. The SMILES string of the molecule is NC(=O)[N+]1(c2ccnc3cc(Cl)ccc23)C=C2C[C]CCC2=N1. The van der Waals surface area contributed by atoms with Crippen LogP contribution in [-0.4, -0.2) is 16.7 Å². The summed E-state index contributed by atoms with van der Waals surface area (Å²) >= 11 is 6.04. The Morgan fingerprint density at radius 2 is 2.22 bits per heavy atom. The normalized spacial score (nSPS) is 23.3. The molecule has 1 aromatic carbocycles. The number of aromatic nitrogens is 1. The number of halogens is 1. The lowest BCUT2D eigenvalue weighted by molar-refractivity contribution is 0.227. The number of carbonyl (C=O) groups is 1. The van der Waals surface area contributed by atoms with E-state index in [9.17, 15) is 4.79 Å². The summed E-state index contributed by atoms with van der Waals surface area (Å²) in [6.45, 7) is 0. The van der Waals surface area contributed by atoms with Gasteiger partial charge in [-0.15, -0.1) is 0 Å². The van der Waals surface area contributed by atoms with Gasteiger partial charge in [-0.05, 0) is 43.9 Å². The van der Waals surface area contributed by atoms with E-state index in [1.54, 1.807) is 24.4 Å². The molecule has 2 N–H and O–H groups in total. The van der Waals surface area contributed by atoms with Crippen LogP contribution in [0, 0.1) is 6.42 Å². The highest BCUT2D eigenvalue weighted by atomic mass is 35.5. The maximum atomic E-state index is 12.4. The van der Waals surface area contributed by atoms with Crippen LogP contribution < -0.4 is 10.3 Å². The van der Waals surface area contributed by atoms with E-state index in [-0.39, 0.29) is 4.59 Å². The lowest BCUT2D eigenvalue weighted by atomic mass is 9.94. The van der Waals surface area contributed by atoms with E-state index in [1.807, 2.05) is 12.3 Å². The zero-order valence-corrected chi connectivity index (χ0v) is 13.0. The standard InChI is InChI=1S/C17H13ClN4O/c18-12-5-6-13-15(9-12)20-8-7-16(13)22(17(19)23)10-11-3-1-2-4-14(11)21-22/h5-10H,2-4H2,(H-,19,23)/p+1. The molecule has 0 bridgehead atoms. The van der Waals surface area contributed by atoms with Crippen molar-refractivity contribution in [3.8, 4) is 0 Å². The van der Waals surface area contributed by atoms with E-state index >= 15 is 0 Å². The third-order valence-electron chi connectivity index (χ3n) is 4.23. The first-order chi connectivity index (χ1) is 11.1. The van der Waals surface area contributed by atoms with Crippen LogP contribution in [0.3, 0.4) is 0 Å². The Hall–Kier alpha value is -2.24. The molecule has 2 radical (unpaired) electrons. The van der Waals surface area contributed by atoms with Crippen LogP contribution in [-0.2, 0) is 0 Å². The van der Waals surface area contributed by atoms with Crippen LogP contribution >= 0.6 is 11.6 Å². The zero-order valence-electron chi connectivity index (χ0n) is 12.3. The molecular formula is C17H14ClN4O+. The molecule has 2 aliphatic rings. The van der Waals surface area contributed by atoms with Gasteiger partial charge in [-0.1, -0.05) is 21.3 Å². The minimum atomic E-state index is -0.540. The summed E-state index contributed by atoms with van der Waals surface area (Å²) in [6.07, 6.45) is 9.09. The summed E-state index contributed by atoms with van der Waals surface area (Å²) in [5.41, 5.74) is 9.11. The van der Waals surface area contributed by atoms with Crippen molar-refractivity contribution < 1.29 is 4.79 Å². The van der Waals surface area contributed by atoms with Crippen LogP contribution in [0.15, 0.2) is 47.3 Å². The van der Waals surface area contributed by atoms with Crippen LogP contribution in [0.2, 0.25) is 5.02 Å². The van der Waals surface area contributed by atoms with Crippen molar-refractivity contribution >= 4 is 39.9 Å². The topological polar surface area (TPSA) is 68.3 Å². The number of nitrogens with two attached hydrogens (primary N) is 1. The van der Waals surface area contributed by atoms with Gasteiger partial charge < -0.3 is 5.73 Å². The summed E-state index contributed by atoms with van der Waals surface area (Å²) in [5, 5.41) is 6.07. The number of benzene rings is 1. The van der Waals surface area contributed by atoms with E-state index in [2.05, 4.69) is 16.5 Å². The molecule has 23 heavy (non-hydrogen) atoms. The number of hydrogen-bond acceptors (Lipinski definition) is 3. The summed E-state index contributed by atoms with van der Waals surface area (Å²) in [5.74, 6) is 0. The number of fused-ring (bicyclic) bond motifs is 2. The fourth-order valence-corrected chi connectivity index (χ4v) is 3.30. The summed E-state index contributed by atoms with van der Waals surface area (Å²) in [7, 11) is 0. The number of hydrogen-bond donors (Lipinski definition) is 1. The molecule has 1 aliphatic carbocycles. The lowest BCUT2D eigenvalue weighted by Gasteiger charge is -2.21. The number of pyridine rings is 1. The van der Waals surface area contributed by atoms with Gasteiger partial charge in [-0.2, -0.15) is 0 Å². The maximum Gasteiger partial charge on any atom is 0.450 e. The Morgan fingerprint density at radius 3 is 3.00 bits per heavy atom. The maximum absolute atomic E-state index is 12.4. The van der Waals surface area contributed by atoms with Crippen molar-refractivity contribution in [1.82, 2.24) is 9.58 Å². The highest BCUT2D eigenvalue weighted by Crippen LogP contribution is 2.39. The lowest BCUT2D eigenvalue weighted by Crippen LogP contribution is -2.47. The monoisotopic (exact) mass is 325 g/mol. The molecule has 114 valence electrons. The number of allylic oxidation sites excluding steroid dienone is 1. The second-order valence-corrected chi connectivity index (χ2v) is 6.08. The average molecular weight is 326 g/mol. The fraction of sp³-hybridized carbons (Fsp3) is 0.176. The molecule has 2 heterocycles. The molecule has 0 spiro atoms. The molecule has 1 unspecified atom stereocenters. The first-order valence-electron chi connectivity index (χ1n) is 7.36. The smallest absolute Gasteiger partial charge is 0.316 e. The Kier molecular flexibility index (Phi) is 3.21. The molecule has 5 nitrogen and oxygen atoms in total. The number of urea groups is 1. The number of carbonyl (C=O) groups excluding carboxylic acids is 1. The number of quaternary nitrogens is 1. The van der Waals surface area contributed by atoms with Gasteiger partial charge in [0.15, 0.2) is 5.69 Å². The van der Waals surface area contributed by atoms with Crippen molar-refractivity contribution in [3.63, 3.8) is 0 Å². The van der Waals surface area contributed by atoms with Crippen molar-refractivity contribution in [1.29, 1.82) is 0 Å². The molecule has 0 saturated heterocycles. The average Bonchev–Trinajstić information content (AvgIpc) is 2.94. The largest absolute Gasteiger partial charge is 0.450 e. The number of nitrogens with zero attached hydrogens (tertiary/aromatic N) is 3. The minimum Gasteiger partial charge on any atom is -0.316 e. The van der Waals surface area contributed by atoms with Gasteiger partial charge in [0.1, 0.15) is 11.9 Å². The van der Waals surface area contributed by atoms with Gasteiger partial charge in [0.25, 0.3) is 0 Å². The Labute approximate surface area is 138 Å². The summed E-state index contributed by atoms with van der Waals surface area (Å²) in [6, 6.07) is 6.64. The highest BCUT2D eigenvalue weighted by molar-refractivity contribution is 6.31. The molecule has 2 aromatic rings. The van der Waals surface area contributed by atoms with Gasteiger partial charge in [0.2, 0.25) is 0 Å². The van der Waals surface area contributed by atoms with E-state index in [4.69, 9.17) is 17.3 Å². The predicted octanol–water partition coefficient (Wildman–Crippen LogP) is 3.79. The van der Waals surface area contributed by atoms with E-state index in [1.165, 1.54) is 0 Å². The quantitative estimate of drug-likeness (QED) is 0.810. The number of rotatable bonds is 1. The molecular weight excluding hydrogens is 312 g/mol. The molecule has 1 aromatic heterocycles. The second-order valence-electron chi connectivity index (χ2n) is 5.64. The van der Waals surface area contributed by atoms with E-state index in [0.29, 0.717) is 22.6 Å². The van der Waals surface area contributed by atoms with Crippen molar-refractivity contribution in [2.45, 2.75) is 19.3 Å². The molecule has 6 heteroatoms. The van der Waals surface area contributed by atoms with Crippen LogP contribution in [0.1, 0.15) is 19.3 Å². The molecule has 4 rings (SSSR count). The molecule has 1 saturated carbocycles. The third-order valence-corrected chi connectivity index (χ3v) is 4.47. The first kappa shape index (κ1) is 14.4. The Bertz CT molecular complexity index is 865. The van der Waals surface area contributed by atoms with Gasteiger partial charge in [-0.25, -0.2) is 4.79 Å². The van der Waals surface area contributed by atoms with E-state index in [0.717, 1.165) is 29.5 Å². The fourth-order valence-electron chi connectivity index (χ4n) is 3.13. The molecule has 1 atom stereocenters. The third kappa shape index (κ3) is 2.16. The Balaban J connectivity index is 1.99. The van der Waals surface area contributed by atoms with E-state index < -0.39 is 6.03 Å². The van der Waals surface area contributed by atoms with Gasteiger partial charge >= 0.3 is 6.03 Å². The van der Waals surface area contributed by atoms with Crippen LogP contribution in [0.5, 0.6) is 0 Å². The van der Waals surface area contributed by atoms with Gasteiger partial charge in [0, 0.05) is 22.9 Å². The van der Waals surface area contributed by atoms with Gasteiger partial charge in [-0.3, -0.25) is 4.98 Å². The molecule has 1 fully saturated rings. The van der Waals surface area contributed by atoms with Crippen molar-refractivity contribution in [2.75, 3.05) is 0 Å². The molecule has 1 aliphatic heterocycles. The molecule has 2 amide bonds.